The number of hydrogen-bond acceptors (Lipinski definition) is 7. The second kappa shape index (κ2) is 10.7. The molecule has 4 aliphatic rings. The second-order valence-electron chi connectivity index (χ2n) is 13.7. The van der Waals surface area contributed by atoms with Gasteiger partial charge in [-0.1, -0.05) is 13.0 Å². The van der Waals surface area contributed by atoms with E-state index in [1.54, 1.807) is 6.92 Å². The molecule has 4 heterocycles. The number of fused-ring (bicyclic) bond motifs is 5. The Balaban J connectivity index is 1.31. The first-order chi connectivity index (χ1) is 22.1. The van der Waals surface area contributed by atoms with Gasteiger partial charge < -0.3 is 19.8 Å². The molecule has 11 heteroatoms. The van der Waals surface area contributed by atoms with Gasteiger partial charge in [0.2, 0.25) is 0 Å². The number of aromatic hydroxyl groups is 1. The minimum absolute atomic E-state index is 0.0117. The molecule has 1 aromatic heterocycles. The van der Waals surface area contributed by atoms with Crippen molar-refractivity contribution in [3.05, 3.63) is 53.3 Å². The van der Waals surface area contributed by atoms with Gasteiger partial charge in [-0.25, -0.2) is 17.6 Å². The number of aliphatic hydroxyl groups is 1. The average molecular weight is 637 g/mol. The highest BCUT2D eigenvalue weighted by Crippen LogP contribution is 2.46. The van der Waals surface area contributed by atoms with E-state index in [9.17, 15) is 19.0 Å². The highest BCUT2D eigenvalue weighted by molar-refractivity contribution is 6.03. The number of aryl methyl sites for hydroxylation is 1. The Morgan fingerprint density at radius 3 is 2.70 bits per heavy atom. The van der Waals surface area contributed by atoms with Crippen LogP contribution in [0.15, 0.2) is 30.3 Å². The molecular formula is C35H36F4N4O3. The maximum absolute atomic E-state index is 16.9. The number of halogens is 4. The van der Waals surface area contributed by atoms with Crippen LogP contribution in [0.25, 0.3) is 32.8 Å². The summed E-state index contributed by atoms with van der Waals surface area (Å²) in [7, 11) is 0. The van der Waals surface area contributed by atoms with Gasteiger partial charge in [0.05, 0.1) is 16.7 Å². The molecule has 46 heavy (non-hydrogen) atoms. The van der Waals surface area contributed by atoms with Crippen molar-refractivity contribution in [1.82, 2.24) is 14.9 Å². The molecule has 3 saturated heterocycles. The highest BCUT2D eigenvalue weighted by Gasteiger charge is 2.50. The van der Waals surface area contributed by atoms with Gasteiger partial charge in [0.1, 0.15) is 41.5 Å². The van der Waals surface area contributed by atoms with Crippen LogP contribution in [0.4, 0.5) is 23.4 Å². The fourth-order valence-corrected chi connectivity index (χ4v) is 8.79. The topological polar surface area (TPSA) is 82.0 Å². The number of benzene rings is 3. The molecule has 3 aromatic carbocycles. The molecule has 0 spiro atoms. The summed E-state index contributed by atoms with van der Waals surface area (Å²) in [4.78, 5) is 13.2. The molecule has 3 aliphatic heterocycles. The summed E-state index contributed by atoms with van der Waals surface area (Å²) in [5.74, 6) is -2.37. The third kappa shape index (κ3) is 4.60. The summed E-state index contributed by atoms with van der Waals surface area (Å²) in [6.07, 6.45) is 4.09. The number of aromatic nitrogens is 2. The lowest BCUT2D eigenvalue weighted by Gasteiger charge is -2.31. The predicted octanol–water partition coefficient (Wildman–Crippen LogP) is 6.58. The molecular weight excluding hydrogens is 600 g/mol. The van der Waals surface area contributed by atoms with E-state index in [2.05, 4.69) is 9.88 Å². The first-order valence-electron chi connectivity index (χ1n) is 16.2. The van der Waals surface area contributed by atoms with E-state index < -0.39 is 40.3 Å². The summed E-state index contributed by atoms with van der Waals surface area (Å²) in [6, 6.07) is 6.43. The molecule has 0 amide bonds. The van der Waals surface area contributed by atoms with Crippen LogP contribution in [-0.2, 0) is 6.42 Å². The van der Waals surface area contributed by atoms with E-state index in [4.69, 9.17) is 9.72 Å². The molecule has 4 aromatic rings. The SMILES string of the molecule is CCc1c(F)ccc2cc(O)cc(-c3c(F)cc4c(N5CC6(O)CCCC5C6)nc(OC[C@@]56CCCN5C[C@H](F)C6)nc4c3F)c12. The predicted molar refractivity (Wildman–Crippen MR) is 166 cm³/mol. The van der Waals surface area contributed by atoms with Gasteiger partial charge in [0, 0.05) is 30.9 Å². The van der Waals surface area contributed by atoms with Crippen molar-refractivity contribution in [2.45, 2.75) is 81.6 Å². The van der Waals surface area contributed by atoms with Crippen LogP contribution < -0.4 is 9.64 Å². The fourth-order valence-electron chi connectivity index (χ4n) is 8.79. The number of rotatable bonds is 6. The van der Waals surface area contributed by atoms with E-state index in [1.165, 1.54) is 30.3 Å². The zero-order valence-electron chi connectivity index (χ0n) is 25.6. The first-order valence-corrected chi connectivity index (χ1v) is 16.2. The normalized spacial score (nSPS) is 27.7. The number of β-amino-alcohol motifs (C(OH)–C–C–N with tert-alkyl or cyclic N) is 1. The monoisotopic (exact) mass is 636 g/mol. The first kappa shape index (κ1) is 29.7. The lowest BCUT2D eigenvalue weighted by molar-refractivity contribution is 0.0374. The molecule has 1 saturated carbocycles. The van der Waals surface area contributed by atoms with Crippen molar-refractivity contribution in [2.75, 3.05) is 31.1 Å². The van der Waals surface area contributed by atoms with Crippen molar-refractivity contribution in [1.29, 1.82) is 0 Å². The van der Waals surface area contributed by atoms with Crippen molar-refractivity contribution in [3.8, 4) is 22.9 Å². The Kier molecular flexibility index (Phi) is 6.88. The largest absolute Gasteiger partial charge is 0.508 e. The number of nitrogens with zero attached hydrogens (tertiary/aromatic N) is 4. The molecule has 4 fully saturated rings. The van der Waals surface area contributed by atoms with Gasteiger partial charge in [-0.05, 0) is 97.7 Å². The third-order valence-electron chi connectivity index (χ3n) is 10.8. The van der Waals surface area contributed by atoms with Gasteiger partial charge >= 0.3 is 6.01 Å². The Morgan fingerprint density at radius 2 is 1.89 bits per heavy atom. The summed E-state index contributed by atoms with van der Waals surface area (Å²) >= 11 is 0. The summed E-state index contributed by atoms with van der Waals surface area (Å²) in [6.45, 7) is 3.25. The van der Waals surface area contributed by atoms with Gasteiger partial charge in [0.15, 0.2) is 5.82 Å². The van der Waals surface area contributed by atoms with Crippen molar-refractivity contribution >= 4 is 27.5 Å². The van der Waals surface area contributed by atoms with Crippen LogP contribution in [0.3, 0.4) is 0 Å². The lowest BCUT2D eigenvalue weighted by atomic mass is 9.86. The van der Waals surface area contributed by atoms with Crippen LogP contribution in [0.2, 0.25) is 0 Å². The summed E-state index contributed by atoms with van der Waals surface area (Å²) in [5, 5.41) is 22.6. The van der Waals surface area contributed by atoms with E-state index in [1.807, 2.05) is 4.90 Å². The minimum atomic E-state index is -0.993. The molecule has 242 valence electrons. The standard InChI is InChI=1S/C35H36F4N4O3/c1-2-23-26(37)7-6-19-11-22(44)12-24(28(19)23)29-27(38)13-25-31(30(29)39)40-33(46-18-34-8-4-10-42(34)16-20(36)14-34)41-32(25)43-17-35(45)9-3-5-21(43)15-35/h6-7,11-13,20-21,44-45H,2-5,8-10,14-18H2,1H3/t20-,21?,34+,35?/m1/s1. The molecule has 0 radical (unpaired) electrons. The molecule has 7 nitrogen and oxygen atoms in total. The average Bonchev–Trinajstić information content (AvgIpc) is 3.62. The number of hydrogen-bond donors (Lipinski definition) is 2. The molecule has 1 aliphatic carbocycles. The van der Waals surface area contributed by atoms with Crippen molar-refractivity contribution < 1.29 is 32.5 Å². The number of alkyl halides is 1. The maximum atomic E-state index is 16.9. The van der Waals surface area contributed by atoms with Crippen LogP contribution >= 0.6 is 0 Å². The molecule has 2 unspecified atom stereocenters. The van der Waals surface area contributed by atoms with E-state index >= 15 is 8.78 Å². The minimum Gasteiger partial charge on any atom is -0.508 e. The van der Waals surface area contributed by atoms with Gasteiger partial charge in [0.25, 0.3) is 0 Å². The van der Waals surface area contributed by atoms with Crippen LogP contribution in [-0.4, -0.2) is 74.7 Å². The summed E-state index contributed by atoms with van der Waals surface area (Å²) in [5.41, 5.74) is -1.77. The molecule has 2 bridgehead atoms. The van der Waals surface area contributed by atoms with E-state index in [0.29, 0.717) is 36.6 Å². The van der Waals surface area contributed by atoms with Crippen molar-refractivity contribution in [2.24, 2.45) is 0 Å². The number of anilines is 1. The highest BCUT2D eigenvalue weighted by atomic mass is 19.1. The van der Waals surface area contributed by atoms with Crippen LogP contribution in [0, 0.1) is 17.5 Å². The Hall–Kier alpha value is -3.70. The molecule has 2 N–H and O–H groups in total. The Morgan fingerprint density at radius 1 is 1.04 bits per heavy atom. The molecule has 8 rings (SSSR count). The van der Waals surface area contributed by atoms with Crippen LogP contribution in [0.1, 0.15) is 57.4 Å². The maximum Gasteiger partial charge on any atom is 0.319 e. The van der Waals surface area contributed by atoms with E-state index in [-0.39, 0.29) is 65.2 Å². The van der Waals surface area contributed by atoms with E-state index in [0.717, 1.165) is 32.2 Å². The van der Waals surface area contributed by atoms with Gasteiger partial charge in [-0.15, -0.1) is 0 Å². The number of phenols is 1. The quantitative estimate of drug-likeness (QED) is 0.231. The number of ether oxygens (including phenoxy) is 1. The zero-order chi connectivity index (χ0) is 32.0. The smallest absolute Gasteiger partial charge is 0.319 e. The lowest BCUT2D eigenvalue weighted by Crippen LogP contribution is -2.43. The Bertz CT molecular complexity index is 1890. The third-order valence-corrected chi connectivity index (χ3v) is 10.8. The molecule has 4 atom stereocenters. The van der Waals surface area contributed by atoms with Gasteiger partial charge in [-0.2, -0.15) is 9.97 Å². The fraction of sp³-hybridized carbons (Fsp3) is 0.486. The second-order valence-corrected chi connectivity index (χ2v) is 13.7. The zero-order valence-corrected chi connectivity index (χ0v) is 25.6. The number of phenolic OH excluding ortho intramolecular Hbond substituents is 1. The van der Waals surface area contributed by atoms with Crippen LogP contribution in [0.5, 0.6) is 11.8 Å². The van der Waals surface area contributed by atoms with Crippen molar-refractivity contribution in [3.63, 3.8) is 0 Å². The Labute approximate surface area is 263 Å². The van der Waals surface area contributed by atoms with Gasteiger partial charge in [-0.3, -0.25) is 4.90 Å². The summed E-state index contributed by atoms with van der Waals surface area (Å²) < 4.78 is 68.9.